The minimum Gasteiger partial charge on any atom is -0.479 e. The van der Waals surface area contributed by atoms with Crippen LogP contribution in [0.5, 0.6) is 11.5 Å². The summed E-state index contributed by atoms with van der Waals surface area (Å²) >= 11 is 1.16. The van der Waals surface area contributed by atoms with Gasteiger partial charge in [-0.1, -0.05) is 5.16 Å². The van der Waals surface area contributed by atoms with E-state index in [-0.39, 0.29) is 24.4 Å². The Morgan fingerprint density at radius 1 is 1.29 bits per heavy atom. The number of rotatable bonds is 7. The maximum absolute atomic E-state index is 12.3. The molecule has 1 aromatic carbocycles. The highest BCUT2D eigenvalue weighted by molar-refractivity contribution is 7.20. The maximum atomic E-state index is 12.3. The van der Waals surface area contributed by atoms with E-state index < -0.39 is 12.6 Å². The monoisotopic (exact) mass is 443 g/mol. The number of carbonyl (C=O) groups is 2. The molecule has 4 rings (SSSR count). The Labute approximate surface area is 179 Å². The summed E-state index contributed by atoms with van der Waals surface area (Å²) in [5, 5.41) is 16.2. The Hall–Kier alpha value is -3.93. The van der Waals surface area contributed by atoms with E-state index in [4.69, 9.17) is 25.2 Å². The van der Waals surface area contributed by atoms with Crippen molar-refractivity contribution in [3.8, 4) is 11.5 Å². The van der Waals surface area contributed by atoms with Gasteiger partial charge >= 0.3 is 5.97 Å². The van der Waals surface area contributed by atoms with Crippen LogP contribution in [-0.4, -0.2) is 52.6 Å². The van der Waals surface area contributed by atoms with E-state index in [0.29, 0.717) is 44.4 Å². The predicted molar refractivity (Wildman–Crippen MR) is 112 cm³/mol. The molecule has 1 aliphatic heterocycles. The molecule has 0 atom stereocenters. The number of hydrogen-bond donors (Lipinski definition) is 3. The van der Waals surface area contributed by atoms with Crippen molar-refractivity contribution in [2.75, 3.05) is 25.7 Å². The van der Waals surface area contributed by atoms with Gasteiger partial charge in [-0.25, -0.2) is 14.8 Å². The molecule has 0 spiro atoms. The van der Waals surface area contributed by atoms with Crippen LogP contribution >= 0.6 is 11.3 Å². The minimum absolute atomic E-state index is 0.0292. The lowest BCUT2D eigenvalue weighted by atomic mass is 10.0. The predicted octanol–water partition coefficient (Wildman–Crippen LogP) is 1.61. The van der Waals surface area contributed by atoms with Crippen molar-refractivity contribution >= 4 is 45.1 Å². The molecule has 0 radical (unpaired) electrons. The standard InChI is InChI=1S/C19H17N5O6S/c1-2-21-17(27)13-6-10-16(22-19(20)23-18(10)31-13)15(24-30-7-14(25)26)9-3-4-11-12(5-9)29-8-28-11/h3-6H,2,7-8H2,1H3,(H,21,27)(H,25,26)(H2,20,22,23)/b24-15-. The van der Waals surface area contributed by atoms with Crippen molar-refractivity contribution in [2.45, 2.75) is 6.92 Å². The fraction of sp³-hybridized carbons (Fsp3) is 0.211. The molecule has 31 heavy (non-hydrogen) atoms. The largest absolute Gasteiger partial charge is 0.479 e. The third kappa shape index (κ3) is 4.19. The Bertz CT molecular complexity index is 1210. The van der Waals surface area contributed by atoms with Gasteiger partial charge in [0.1, 0.15) is 16.2 Å². The molecule has 3 aromatic rings. The molecule has 1 aliphatic rings. The van der Waals surface area contributed by atoms with Crippen LogP contribution in [0.15, 0.2) is 29.4 Å². The van der Waals surface area contributed by atoms with Gasteiger partial charge in [0.15, 0.2) is 11.5 Å². The molecule has 0 bridgehead atoms. The van der Waals surface area contributed by atoms with E-state index in [1.807, 2.05) is 6.92 Å². The van der Waals surface area contributed by atoms with Crippen molar-refractivity contribution in [1.29, 1.82) is 0 Å². The molecule has 160 valence electrons. The normalized spacial score (nSPS) is 12.7. The van der Waals surface area contributed by atoms with Crippen molar-refractivity contribution < 1.29 is 29.0 Å². The molecule has 0 fully saturated rings. The Morgan fingerprint density at radius 2 is 2.10 bits per heavy atom. The first kappa shape index (κ1) is 20.3. The molecular formula is C19H17N5O6S. The highest BCUT2D eigenvalue weighted by Gasteiger charge is 2.22. The number of aliphatic carboxylic acids is 1. The molecule has 1 amide bonds. The number of amides is 1. The van der Waals surface area contributed by atoms with Crippen LogP contribution in [0.4, 0.5) is 5.95 Å². The van der Waals surface area contributed by atoms with Crippen LogP contribution in [0.3, 0.4) is 0 Å². The number of carboxylic acids is 1. The van der Waals surface area contributed by atoms with E-state index in [0.717, 1.165) is 11.3 Å². The zero-order valence-corrected chi connectivity index (χ0v) is 17.1. The molecule has 2 aromatic heterocycles. The van der Waals surface area contributed by atoms with Crippen LogP contribution in [0.1, 0.15) is 27.9 Å². The van der Waals surface area contributed by atoms with E-state index >= 15 is 0 Å². The second-order valence-corrected chi connectivity index (χ2v) is 7.33. The van der Waals surface area contributed by atoms with Gasteiger partial charge in [0.05, 0.1) is 4.88 Å². The smallest absolute Gasteiger partial charge is 0.344 e. The zero-order valence-electron chi connectivity index (χ0n) is 16.2. The number of oxime groups is 1. The lowest BCUT2D eigenvalue weighted by Gasteiger charge is -2.09. The summed E-state index contributed by atoms with van der Waals surface area (Å²) in [6.07, 6.45) is 0. The van der Waals surface area contributed by atoms with E-state index in [1.165, 1.54) is 0 Å². The third-order valence-corrected chi connectivity index (χ3v) is 5.21. The Kier molecular flexibility index (Phi) is 5.54. The minimum atomic E-state index is -1.19. The van der Waals surface area contributed by atoms with Crippen molar-refractivity contribution in [2.24, 2.45) is 5.16 Å². The SMILES string of the molecule is CCNC(=O)c1cc2c(/C(=N\OCC(=O)O)c3ccc4c(c3)OCO4)nc(N)nc2s1. The number of anilines is 1. The summed E-state index contributed by atoms with van der Waals surface area (Å²) < 4.78 is 10.8. The highest BCUT2D eigenvalue weighted by atomic mass is 32.1. The first-order chi connectivity index (χ1) is 15.0. The number of carbonyl (C=O) groups excluding carboxylic acids is 1. The van der Waals surface area contributed by atoms with Crippen molar-refractivity contribution in [3.63, 3.8) is 0 Å². The van der Waals surface area contributed by atoms with Gasteiger partial charge in [0.25, 0.3) is 5.91 Å². The molecule has 0 saturated carbocycles. The van der Waals surface area contributed by atoms with Gasteiger partial charge in [-0.15, -0.1) is 11.3 Å². The summed E-state index contributed by atoms with van der Waals surface area (Å²) in [7, 11) is 0. The zero-order chi connectivity index (χ0) is 22.0. The number of benzene rings is 1. The number of nitrogens with zero attached hydrogens (tertiary/aromatic N) is 3. The molecule has 0 aliphatic carbocycles. The van der Waals surface area contributed by atoms with Crippen molar-refractivity contribution in [3.05, 3.63) is 40.4 Å². The van der Waals surface area contributed by atoms with Gasteiger partial charge in [0.2, 0.25) is 19.3 Å². The first-order valence-corrected chi connectivity index (χ1v) is 9.95. The lowest BCUT2D eigenvalue weighted by Crippen LogP contribution is -2.21. The van der Waals surface area contributed by atoms with E-state index in [9.17, 15) is 9.59 Å². The number of ether oxygens (including phenoxy) is 2. The summed E-state index contributed by atoms with van der Waals surface area (Å²) in [4.78, 5) is 37.6. The van der Waals surface area contributed by atoms with Crippen LogP contribution in [0, 0.1) is 0 Å². The fourth-order valence-electron chi connectivity index (χ4n) is 2.91. The van der Waals surface area contributed by atoms with Gasteiger partial charge in [0, 0.05) is 17.5 Å². The number of aromatic nitrogens is 2. The van der Waals surface area contributed by atoms with E-state index in [1.54, 1.807) is 24.3 Å². The average Bonchev–Trinajstić information content (AvgIpc) is 3.37. The average molecular weight is 443 g/mol. The Morgan fingerprint density at radius 3 is 2.87 bits per heavy atom. The number of hydrogen-bond acceptors (Lipinski definition) is 10. The molecule has 12 heteroatoms. The van der Waals surface area contributed by atoms with Gasteiger partial charge in [-0.2, -0.15) is 0 Å². The molecule has 11 nitrogen and oxygen atoms in total. The van der Waals surface area contributed by atoms with E-state index in [2.05, 4.69) is 20.4 Å². The molecule has 3 heterocycles. The molecule has 0 saturated heterocycles. The molecule has 4 N–H and O–H groups in total. The summed E-state index contributed by atoms with van der Waals surface area (Å²) in [5.41, 5.74) is 6.93. The second kappa shape index (κ2) is 8.44. The van der Waals surface area contributed by atoms with Crippen LogP contribution in [0.25, 0.3) is 10.2 Å². The number of nitrogens with one attached hydrogen (secondary N) is 1. The fourth-order valence-corrected chi connectivity index (χ4v) is 3.86. The van der Waals surface area contributed by atoms with Crippen LogP contribution in [0.2, 0.25) is 0 Å². The topological polar surface area (TPSA) is 158 Å². The van der Waals surface area contributed by atoms with Gasteiger partial charge < -0.3 is 30.5 Å². The summed E-state index contributed by atoms with van der Waals surface area (Å²) in [6, 6.07) is 6.71. The molecular weight excluding hydrogens is 426 g/mol. The highest BCUT2D eigenvalue weighted by Crippen LogP contribution is 2.34. The number of fused-ring (bicyclic) bond motifs is 2. The summed E-state index contributed by atoms with van der Waals surface area (Å²) in [6.45, 7) is 1.73. The third-order valence-electron chi connectivity index (χ3n) is 4.19. The number of thiophene rings is 1. The number of nitrogen functional groups attached to an aromatic ring is 1. The molecule has 0 unspecified atom stereocenters. The van der Waals surface area contributed by atoms with Crippen LogP contribution < -0.4 is 20.5 Å². The Balaban J connectivity index is 1.86. The number of nitrogens with two attached hydrogens (primary N) is 1. The summed E-state index contributed by atoms with van der Waals surface area (Å²) in [5.74, 6) is -0.404. The maximum Gasteiger partial charge on any atom is 0.344 e. The van der Waals surface area contributed by atoms with Crippen LogP contribution in [-0.2, 0) is 9.63 Å². The van der Waals surface area contributed by atoms with Gasteiger partial charge in [-0.3, -0.25) is 4.79 Å². The quantitative estimate of drug-likeness (QED) is 0.364. The first-order valence-electron chi connectivity index (χ1n) is 9.13. The van der Waals surface area contributed by atoms with Gasteiger partial charge in [-0.05, 0) is 31.2 Å². The van der Waals surface area contributed by atoms with Crippen molar-refractivity contribution in [1.82, 2.24) is 15.3 Å². The lowest BCUT2D eigenvalue weighted by molar-refractivity contribution is -0.142. The number of carboxylic acid groups (broad SMARTS) is 1. The second-order valence-electron chi connectivity index (χ2n) is 6.29.